The molecule has 0 fully saturated rings. The van der Waals surface area contributed by atoms with E-state index in [4.69, 9.17) is 5.11 Å². The summed E-state index contributed by atoms with van der Waals surface area (Å²) in [7, 11) is 0. The van der Waals surface area contributed by atoms with Gasteiger partial charge in [0, 0.05) is 12.6 Å². The van der Waals surface area contributed by atoms with E-state index in [1.165, 1.54) is 17.8 Å². The van der Waals surface area contributed by atoms with Crippen LogP contribution in [0, 0.1) is 0 Å². The Balaban J connectivity index is 2.22. The lowest BCUT2D eigenvalue weighted by Crippen LogP contribution is -2.05. The zero-order valence-electron chi connectivity index (χ0n) is 9.49. The molecule has 18 heavy (non-hydrogen) atoms. The van der Waals surface area contributed by atoms with Crippen LogP contribution in [-0.4, -0.2) is 32.0 Å². The minimum Gasteiger partial charge on any atom is -0.476 e. The Morgan fingerprint density at radius 1 is 1.28 bits per heavy atom. The van der Waals surface area contributed by atoms with Crippen LogP contribution < -0.4 is 5.32 Å². The molecule has 1 amide bonds. The van der Waals surface area contributed by atoms with E-state index in [1.807, 2.05) is 0 Å². The SMILES string of the molecule is CC(=O)Nc1ccc(-n2cc(C(=O)O)nn2)cc1. The summed E-state index contributed by atoms with van der Waals surface area (Å²) >= 11 is 0. The molecule has 0 saturated carbocycles. The number of carboxylic acid groups (broad SMARTS) is 1. The first kappa shape index (κ1) is 11.8. The van der Waals surface area contributed by atoms with Crippen molar-refractivity contribution in [1.29, 1.82) is 0 Å². The van der Waals surface area contributed by atoms with Crippen LogP contribution in [0.5, 0.6) is 0 Å². The fourth-order valence-corrected chi connectivity index (χ4v) is 1.39. The molecule has 0 spiro atoms. The third kappa shape index (κ3) is 2.51. The minimum absolute atomic E-state index is 0.124. The predicted molar refractivity (Wildman–Crippen MR) is 62.6 cm³/mol. The zero-order chi connectivity index (χ0) is 13.1. The summed E-state index contributed by atoms with van der Waals surface area (Å²) in [5.74, 6) is -1.28. The van der Waals surface area contributed by atoms with E-state index in [1.54, 1.807) is 24.3 Å². The van der Waals surface area contributed by atoms with E-state index < -0.39 is 5.97 Å². The highest BCUT2D eigenvalue weighted by molar-refractivity contribution is 5.88. The topological polar surface area (TPSA) is 97.1 Å². The van der Waals surface area contributed by atoms with Crippen LogP contribution in [0.25, 0.3) is 5.69 Å². The fraction of sp³-hybridized carbons (Fsp3) is 0.0909. The van der Waals surface area contributed by atoms with Crippen molar-refractivity contribution in [3.05, 3.63) is 36.2 Å². The number of nitrogens with zero attached hydrogens (tertiary/aromatic N) is 3. The van der Waals surface area contributed by atoms with E-state index in [0.29, 0.717) is 11.4 Å². The van der Waals surface area contributed by atoms with E-state index in [2.05, 4.69) is 15.6 Å². The monoisotopic (exact) mass is 246 g/mol. The van der Waals surface area contributed by atoms with Crippen molar-refractivity contribution >= 4 is 17.6 Å². The lowest BCUT2D eigenvalue weighted by molar-refractivity contribution is -0.114. The van der Waals surface area contributed by atoms with E-state index in [0.717, 1.165) is 0 Å². The normalized spacial score (nSPS) is 10.1. The smallest absolute Gasteiger partial charge is 0.358 e. The summed E-state index contributed by atoms with van der Waals surface area (Å²) in [6.45, 7) is 1.42. The third-order valence-electron chi connectivity index (χ3n) is 2.16. The molecule has 7 nitrogen and oxygen atoms in total. The summed E-state index contributed by atoms with van der Waals surface area (Å²) in [6, 6.07) is 6.79. The van der Waals surface area contributed by atoms with Crippen molar-refractivity contribution < 1.29 is 14.7 Å². The molecule has 0 bridgehead atoms. The van der Waals surface area contributed by atoms with Gasteiger partial charge in [0.2, 0.25) is 5.91 Å². The van der Waals surface area contributed by atoms with Gasteiger partial charge in [-0.3, -0.25) is 4.79 Å². The first-order valence-electron chi connectivity index (χ1n) is 5.10. The van der Waals surface area contributed by atoms with Gasteiger partial charge in [0.25, 0.3) is 0 Å². The molecular weight excluding hydrogens is 236 g/mol. The van der Waals surface area contributed by atoms with Crippen LogP contribution in [-0.2, 0) is 4.79 Å². The second-order valence-corrected chi connectivity index (χ2v) is 3.58. The Morgan fingerprint density at radius 2 is 1.94 bits per heavy atom. The molecule has 7 heteroatoms. The van der Waals surface area contributed by atoms with E-state index >= 15 is 0 Å². The average molecular weight is 246 g/mol. The van der Waals surface area contributed by atoms with Gasteiger partial charge in [0.05, 0.1) is 11.9 Å². The van der Waals surface area contributed by atoms with Crippen LogP contribution in [0.3, 0.4) is 0 Å². The summed E-state index contributed by atoms with van der Waals surface area (Å²) in [5, 5.41) is 18.6. The van der Waals surface area contributed by atoms with Gasteiger partial charge in [-0.2, -0.15) is 0 Å². The number of aromatic carboxylic acids is 1. The van der Waals surface area contributed by atoms with Crippen LogP contribution in [0.15, 0.2) is 30.5 Å². The van der Waals surface area contributed by atoms with Crippen LogP contribution >= 0.6 is 0 Å². The molecule has 2 rings (SSSR count). The van der Waals surface area contributed by atoms with Gasteiger partial charge in [-0.15, -0.1) is 5.10 Å². The molecular formula is C11H10N4O3. The Kier molecular flexibility index (Phi) is 3.05. The highest BCUT2D eigenvalue weighted by Gasteiger charge is 2.09. The number of carbonyl (C=O) groups is 2. The number of amides is 1. The number of hydrogen-bond acceptors (Lipinski definition) is 4. The molecule has 92 valence electrons. The number of anilines is 1. The van der Waals surface area contributed by atoms with Crippen LogP contribution in [0.4, 0.5) is 5.69 Å². The lowest BCUT2D eigenvalue weighted by Gasteiger charge is -2.03. The molecule has 0 radical (unpaired) electrons. The van der Waals surface area contributed by atoms with Gasteiger partial charge < -0.3 is 10.4 Å². The second-order valence-electron chi connectivity index (χ2n) is 3.58. The number of rotatable bonds is 3. The first-order valence-corrected chi connectivity index (χ1v) is 5.10. The summed E-state index contributed by atoms with van der Waals surface area (Å²) in [6.07, 6.45) is 1.32. The summed E-state index contributed by atoms with van der Waals surface area (Å²) < 4.78 is 1.35. The molecule has 1 heterocycles. The molecule has 0 aliphatic carbocycles. The fourth-order valence-electron chi connectivity index (χ4n) is 1.39. The third-order valence-corrected chi connectivity index (χ3v) is 2.16. The maximum absolute atomic E-state index is 10.8. The molecule has 0 aliphatic rings. The lowest BCUT2D eigenvalue weighted by atomic mass is 10.3. The standard InChI is InChI=1S/C11H10N4O3/c1-7(16)12-8-2-4-9(5-3-8)15-6-10(11(17)18)13-14-15/h2-6H,1H3,(H,12,16)(H,17,18). The number of hydrogen-bond donors (Lipinski definition) is 2. The van der Waals surface area contributed by atoms with Crippen molar-refractivity contribution in [1.82, 2.24) is 15.0 Å². The average Bonchev–Trinajstić information content (AvgIpc) is 2.78. The molecule has 0 atom stereocenters. The Hall–Kier alpha value is -2.70. The van der Waals surface area contributed by atoms with Crippen LogP contribution in [0.1, 0.15) is 17.4 Å². The van der Waals surface area contributed by atoms with E-state index in [9.17, 15) is 9.59 Å². The Bertz CT molecular complexity index is 589. The van der Waals surface area contributed by atoms with Crippen molar-refractivity contribution in [3.63, 3.8) is 0 Å². The number of carbonyl (C=O) groups excluding carboxylic acids is 1. The van der Waals surface area contributed by atoms with Gasteiger partial charge in [0.1, 0.15) is 0 Å². The molecule has 2 aromatic rings. The van der Waals surface area contributed by atoms with Crippen molar-refractivity contribution in [2.75, 3.05) is 5.32 Å². The quantitative estimate of drug-likeness (QED) is 0.839. The maximum atomic E-state index is 10.8. The Morgan fingerprint density at radius 3 is 2.44 bits per heavy atom. The maximum Gasteiger partial charge on any atom is 0.358 e. The summed E-state index contributed by atoms with van der Waals surface area (Å²) in [5.41, 5.74) is 1.19. The highest BCUT2D eigenvalue weighted by atomic mass is 16.4. The van der Waals surface area contributed by atoms with E-state index in [-0.39, 0.29) is 11.6 Å². The van der Waals surface area contributed by atoms with Gasteiger partial charge in [-0.1, -0.05) is 5.21 Å². The highest BCUT2D eigenvalue weighted by Crippen LogP contribution is 2.12. The van der Waals surface area contributed by atoms with Gasteiger partial charge in [-0.25, -0.2) is 9.48 Å². The number of aromatic nitrogens is 3. The Labute approximate surface area is 102 Å². The molecule has 0 aliphatic heterocycles. The minimum atomic E-state index is -1.13. The molecule has 1 aromatic carbocycles. The second kappa shape index (κ2) is 4.66. The van der Waals surface area contributed by atoms with Crippen molar-refractivity contribution in [3.8, 4) is 5.69 Å². The number of nitrogens with one attached hydrogen (secondary N) is 1. The molecule has 0 unspecified atom stereocenters. The van der Waals surface area contributed by atoms with Crippen LogP contribution in [0.2, 0.25) is 0 Å². The molecule has 2 N–H and O–H groups in total. The number of benzene rings is 1. The molecule has 1 aromatic heterocycles. The summed E-state index contributed by atoms with van der Waals surface area (Å²) in [4.78, 5) is 21.5. The molecule has 0 saturated heterocycles. The van der Waals surface area contributed by atoms with Gasteiger partial charge >= 0.3 is 5.97 Å². The number of carboxylic acids is 1. The first-order chi connectivity index (χ1) is 8.56. The van der Waals surface area contributed by atoms with Crippen molar-refractivity contribution in [2.24, 2.45) is 0 Å². The predicted octanol–water partition coefficient (Wildman–Crippen LogP) is 0.924. The zero-order valence-corrected chi connectivity index (χ0v) is 9.49. The van der Waals surface area contributed by atoms with Crippen molar-refractivity contribution in [2.45, 2.75) is 6.92 Å². The van der Waals surface area contributed by atoms with Gasteiger partial charge in [0.15, 0.2) is 5.69 Å². The van der Waals surface area contributed by atoms with Gasteiger partial charge in [-0.05, 0) is 24.3 Å². The largest absolute Gasteiger partial charge is 0.476 e.